The van der Waals surface area contributed by atoms with Crippen molar-refractivity contribution in [3.63, 3.8) is 0 Å². The van der Waals surface area contributed by atoms with Gasteiger partial charge in [-0.15, -0.1) is 0 Å². The van der Waals surface area contributed by atoms with Crippen LogP contribution in [0.25, 0.3) is 0 Å². The number of nitrogens with zero attached hydrogens (tertiary/aromatic N) is 1. The summed E-state index contributed by atoms with van der Waals surface area (Å²) in [5, 5.41) is 9.47. The molecule has 1 fully saturated rings. The number of amides is 1. The average Bonchev–Trinajstić information content (AvgIpc) is 2.86. The number of aryl methyl sites for hydroxylation is 2. The van der Waals surface area contributed by atoms with Gasteiger partial charge in [-0.3, -0.25) is 4.79 Å². The summed E-state index contributed by atoms with van der Waals surface area (Å²) in [6.07, 6.45) is 4.65. The van der Waals surface area contributed by atoms with Crippen molar-refractivity contribution in [2.45, 2.75) is 38.2 Å². The van der Waals surface area contributed by atoms with Gasteiger partial charge in [0.2, 0.25) is 0 Å². The number of aliphatic hydroxyl groups is 1. The summed E-state index contributed by atoms with van der Waals surface area (Å²) in [7, 11) is 0. The van der Waals surface area contributed by atoms with E-state index in [0.29, 0.717) is 25.9 Å². The number of hydrogen-bond acceptors (Lipinski definition) is 2. The van der Waals surface area contributed by atoms with E-state index in [-0.39, 0.29) is 12.0 Å². The van der Waals surface area contributed by atoms with E-state index in [4.69, 9.17) is 0 Å². The first-order valence-corrected chi connectivity index (χ1v) is 6.83. The molecule has 1 aromatic rings. The number of fused-ring (bicyclic) bond motifs is 1. The Hall–Kier alpha value is -1.35. The molecular weight excluding hydrogens is 226 g/mol. The van der Waals surface area contributed by atoms with Gasteiger partial charge in [0, 0.05) is 18.7 Å². The molecule has 1 aromatic carbocycles. The second kappa shape index (κ2) is 4.73. The van der Waals surface area contributed by atoms with Crippen LogP contribution in [0.5, 0.6) is 0 Å². The van der Waals surface area contributed by atoms with Gasteiger partial charge in [-0.1, -0.05) is 6.07 Å². The molecule has 2 aliphatic rings. The van der Waals surface area contributed by atoms with Gasteiger partial charge < -0.3 is 10.0 Å². The Balaban J connectivity index is 1.76. The monoisotopic (exact) mass is 245 g/mol. The summed E-state index contributed by atoms with van der Waals surface area (Å²) >= 11 is 0. The molecule has 3 rings (SSSR count). The van der Waals surface area contributed by atoms with Crippen molar-refractivity contribution < 1.29 is 9.90 Å². The molecule has 0 unspecified atom stereocenters. The number of carbonyl (C=O) groups excluding carboxylic acids is 1. The molecular formula is C15H19NO2. The molecule has 0 bridgehead atoms. The third-order valence-electron chi connectivity index (χ3n) is 4.10. The maximum absolute atomic E-state index is 12.4. The molecule has 18 heavy (non-hydrogen) atoms. The summed E-state index contributed by atoms with van der Waals surface area (Å²) in [5.41, 5.74) is 3.56. The maximum Gasteiger partial charge on any atom is 0.253 e. The van der Waals surface area contributed by atoms with Gasteiger partial charge in [0.1, 0.15) is 0 Å². The predicted octanol–water partition coefficient (Wildman–Crippen LogP) is 1.77. The fourth-order valence-corrected chi connectivity index (χ4v) is 2.96. The topological polar surface area (TPSA) is 40.5 Å². The first kappa shape index (κ1) is 11.7. The van der Waals surface area contributed by atoms with Crippen LogP contribution < -0.4 is 0 Å². The molecule has 3 heteroatoms. The SMILES string of the molecule is O=C(c1ccc2c(c1)CCC2)N1CCC(O)CC1. The third kappa shape index (κ3) is 2.15. The molecule has 0 saturated carbocycles. The van der Waals surface area contributed by atoms with E-state index in [1.165, 1.54) is 17.5 Å². The van der Waals surface area contributed by atoms with Crippen LogP contribution in [0.2, 0.25) is 0 Å². The number of rotatable bonds is 1. The zero-order chi connectivity index (χ0) is 12.5. The lowest BCUT2D eigenvalue weighted by molar-refractivity contribution is 0.0546. The zero-order valence-corrected chi connectivity index (χ0v) is 10.6. The lowest BCUT2D eigenvalue weighted by Crippen LogP contribution is -2.40. The zero-order valence-electron chi connectivity index (χ0n) is 10.6. The Bertz CT molecular complexity index is 462. The van der Waals surface area contributed by atoms with Gasteiger partial charge in [-0.05, 0) is 55.4 Å². The third-order valence-corrected chi connectivity index (χ3v) is 4.10. The van der Waals surface area contributed by atoms with Gasteiger partial charge >= 0.3 is 0 Å². The van der Waals surface area contributed by atoms with Crippen LogP contribution in [0, 0.1) is 0 Å². The van der Waals surface area contributed by atoms with Crippen LogP contribution in [-0.4, -0.2) is 35.1 Å². The molecule has 1 aliphatic carbocycles. The molecule has 1 N–H and O–H groups in total. The van der Waals surface area contributed by atoms with Crippen molar-refractivity contribution in [1.29, 1.82) is 0 Å². The van der Waals surface area contributed by atoms with E-state index >= 15 is 0 Å². The Kier molecular flexibility index (Phi) is 3.08. The number of likely N-dealkylation sites (tertiary alicyclic amines) is 1. The van der Waals surface area contributed by atoms with Gasteiger partial charge in [-0.25, -0.2) is 0 Å². The van der Waals surface area contributed by atoms with Crippen LogP contribution >= 0.6 is 0 Å². The van der Waals surface area contributed by atoms with Gasteiger partial charge in [0.25, 0.3) is 5.91 Å². The van der Waals surface area contributed by atoms with Crippen molar-refractivity contribution in [3.05, 3.63) is 34.9 Å². The molecule has 3 nitrogen and oxygen atoms in total. The number of aliphatic hydroxyl groups excluding tert-OH is 1. The van der Waals surface area contributed by atoms with E-state index in [1.54, 1.807) is 0 Å². The van der Waals surface area contributed by atoms with Crippen LogP contribution in [0.1, 0.15) is 40.7 Å². The van der Waals surface area contributed by atoms with E-state index < -0.39 is 0 Å². The highest BCUT2D eigenvalue weighted by atomic mass is 16.3. The van der Waals surface area contributed by atoms with Crippen LogP contribution in [-0.2, 0) is 12.8 Å². The number of piperidine rings is 1. The summed E-state index contributed by atoms with van der Waals surface area (Å²) < 4.78 is 0. The molecule has 0 aromatic heterocycles. The number of benzene rings is 1. The Morgan fingerprint density at radius 1 is 1.17 bits per heavy atom. The summed E-state index contributed by atoms with van der Waals surface area (Å²) in [5.74, 6) is 0.122. The highest BCUT2D eigenvalue weighted by Gasteiger charge is 2.23. The quantitative estimate of drug-likeness (QED) is 0.819. The van der Waals surface area contributed by atoms with E-state index in [1.807, 2.05) is 11.0 Å². The number of hydrogen-bond donors (Lipinski definition) is 1. The molecule has 0 spiro atoms. The van der Waals surface area contributed by atoms with Gasteiger partial charge in [-0.2, -0.15) is 0 Å². The second-order valence-electron chi connectivity index (χ2n) is 5.36. The fraction of sp³-hybridized carbons (Fsp3) is 0.533. The standard InChI is InChI=1S/C15H19NO2/c17-14-6-8-16(9-7-14)15(18)13-5-4-11-2-1-3-12(11)10-13/h4-5,10,14,17H,1-3,6-9H2. The first-order valence-electron chi connectivity index (χ1n) is 6.83. The van der Waals surface area contributed by atoms with Gasteiger partial charge in [0.15, 0.2) is 0 Å². The summed E-state index contributed by atoms with van der Waals surface area (Å²) in [6, 6.07) is 6.13. The lowest BCUT2D eigenvalue weighted by Gasteiger charge is -2.29. The van der Waals surface area contributed by atoms with E-state index in [0.717, 1.165) is 18.4 Å². The van der Waals surface area contributed by atoms with Crippen molar-refractivity contribution in [2.75, 3.05) is 13.1 Å². The fourth-order valence-electron chi connectivity index (χ4n) is 2.96. The van der Waals surface area contributed by atoms with E-state index in [2.05, 4.69) is 12.1 Å². The highest BCUT2D eigenvalue weighted by molar-refractivity contribution is 5.94. The molecule has 0 radical (unpaired) electrons. The minimum Gasteiger partial charge on any atom is -0.393 e. The molecule has 1 saturated heterocycles. The van der Waals surface area contributed by atoms with Crippen LogP contribution in [0.4, 0.5) is 0 Å². The normalized spacial score (nSPS) is 19.9. The van der Waals surface area contributed by atoms with Gasteiger partial charge in [0.05, 0.1) is 6.10 Å². The van der Waals surface area contributed by atoms with Crippen molar-refractivity contribution in [1.82, 2.24) is 4.90 Å². The lowest BCUT2D eigenvalue weighted by atomic mass is 10.0. The number of carbonyl (C=O) groups is 1. The Morgan fingerprint density at radius 3 is 2.67 bits per heavy atom. The highest BCUT2D eigenvalue weighted by Crippen LogP contribution is 2.24. The van der Waals surface area contributed by atoms with E-state index in [9.17, 15) is 9.90 Å². The molecule has 1 aliphatic heterocycles. The first-order chi connectivity index (χ1) is 8.74. The van der Waals surface area contributed by atoms with Crippen molar-refractivity contribution >= 4 is 5.91 Å². The Labute approximate surface area is 107 Å². The molecule has 1 heterocycles. The smallest absolute Gasteiger partial charge is 0.253 e. The average molecular weight is 245 g/mol. The molecule has 0 atom stereocenters. The van der Waals surface area contributed by atoms with Crippen LogP contribution in [0.3, 0.4) is 0 Å². The largest absolute Gasteiger partial charge is 0.393 e. The molecule has 1 amide bonds. The predicted molar refractivity (Wildman–Crippen MR) is 69.6 cm³/mol. The Morgan fingerprint density at radius 2 is 1.89 bits per heavy atom. The minimum absolute atomic E-state index is 0.122. The van der Waals surface area contributed by atoms with Crippen LogP contribution in [0.15, 0.2) is 18.2 Å². The maximum atomic E-state index is 12.4. The van der Waals surface area contributed by atoms with Crippen molar-refractivity contribution in [2.24, 2.45) is 0 Å². The second-order valence-corrected chi connectivity index (χ2v) is 5.36. The summed E-state index contributed by atoms with van der Waals surface area (Å²) in [4.78, 5) is 14.2. The molecule has 96 valence electrons. The summed E-state index contributed by atoms with van der Waals surface area (Å²) in [6.45, 7) is 1.36. The van der Waals surface area contributed by atoms with Crippen molar-refractivity contribution in [3.8, 4) is 0 Å². The minimum atomic E-state index is -0.228.